The first-order chi connectivity index (χ1) is 14.0. The van der Waals surface area contributed by atoms with Gasteiger partial charge in [0, 0.05) is 29.0 Å². The van der Waals surface area contributed by atoms with Crippen LogP contribution in [0.5, 0.6) is 0 Å². The molecule has 0 bridgehead atoms. The molecule has 29 heavy (non-hydrogen) atoms. The van der Waals surface area contributed by atoms with E-state index in [9.17, 15) is 9.59 Å². The lowest BCUT2D eigenvalue weighted by atomic mass is 9.98. The topological polar surface area (TPSA) is 49.4 Å². The van der Waals surface area contributed by atoms with Crippen LogP contribution in [0.15, 0.2) is 66.7 Å². The van der Waals surface area contributed by atoms with Gasteiger partial charge in [0.1, 0.15) is 0 Å². The van der Waals surface area contributed by atoms with Gasteiger partial charge in [0.25, 0.3) is 11.8 Å². The highest BCUT2D eigenvalue weighted by Gasteiger charge is 2.24. The molecular weight excluding hydrogens is 360 g/mol. The molecule has 0 unspecified atom stereocenters. The van der Waals surface area contributed by atoms with Crippen LogP contribution in [0.25, 0.3) is 0 Å². The molecule has 0 aliphatic carbocycles. The van der Waals surface area contributed by atoms with E-state index in [1.54, 1.807) is 6.07 Å². The number of hydrogen-bond donors (Lipinski definition) is 1. The largest absolute Gasteiger partial charge is 0.322 e. The van der Waals surface area contributed by atoms with Crippen molar-refractivity contribution in [2.75, 3.05) is 16.8 Å². The van der Waals surface area contributed by atoms with Crippen LogP contribution in [0.3, 0.4) is 0 Å². The van der Waals surface area contributed by atoms with Crippen molar-refractivity contribution in [2.45, 2.75) is 26.7 Å². The summed E-state index contributed by atoms with van der Waals surface area (Å²) in [6.07, 6.45) is 1.74. The standard InChI is InChI=1S/C25H24N2O2/c1-17-8-6-12-22(18(17)2)26-24(28)21-13-14-23-20(16-21)11-7-15-27(23)25(29)19-9-4-3-5-10-19/h3-6,8-10,12-14,16H,7,11,15H2,1-2H3,(H,26,28). The first kappa shape index (κ1) is 18.9. The second-order valence-electron chi connectivity index (χ2n) is 7.47. The normalized spacial score (nSPS) is 13.0. The van der Waals surface area contributed by atoms with Gasteiger partial charge in [0.05, 0.1) is 0 Å². The average Bonchev–Trinajstić information content (AvgIpc) is 2.76. The van der Waals surface area contributed by atoms with Crippen molar-refractivity contribution in [1.82, 2.24) is 0 Å². The maximum Gasteiger partial charge on any atom is 0.258 e. The smallest absolute Gasteiger partial charge is 0.258 e. The number of anilines is 2. The lowest BCUT2D eigenvalue weighted by molar-refractivity contribution is 0.0984. The molecule has 0 aromatic heterocycles. The average molecular weight is 384 g/mol. The molecular formula is C25H24N2O2. The van der Waals surface area contributed by atoms with E-state index in [4.69, 9.17) is 0 Å². The van der Waals surface area contributed by atoms with Crippen molar-refractivity contribution in [3.05, 3.63) is 94.5 Å². The van der Waals surface area contributed by atoms with Crippen LogP contribution >= 0.6 is 0 Å². The van der Waals surface area contributed by atoms with Crippen molar-refractivity contribution in [3.63, 3.8) is 0 Å². The van der Waals surface area contributed by atoms with Crippen LogP contribution in [0.4, 0.5) is 11.4 Å². The van der Waals surface area contributed by atoms with Crippen LogP contribution in [-0.2, 0) is 6.42 Å². The van der Waals surface area contributed by atoms with Crippen LogP contribution in [0, 0.1) is 13.8 Å². The fourth-order valence-corrected chi connectivity index (χ4v) is 3.77. The van der Waals surface area contributed by atoms with E-state index in [2.05, 4.69) is 5.32 Å². The Labute approximate surface area is 171 Å². The number of carbonyl (C=O) groups is 2. The number of nitrogens with one attached hydrogen (secondary N) is 1. The zero-order chi connectivity index (χ0) is 20.4. The maximum atomic E-state index is 12.9. The molecule has 1 N–H and O–H groups in total. The fourth-order valence-electron chi connectivity index (χ4n) is 3.77. The van der Waals surface area contributed by atoms with Gasteiger partial charge in [-0.2, -0.15) is 0 Å². The first-order valence-corrected chi connectivity index (χ1v) is 9.92. The van der Waals surface area contributed by atoms with Crippen LogP contribution in [0.1, 0.15) is 43.8 Å². The summed E-state index contributed by atoms with van der Waals surface area (Å²) in [7, 11) is 0. The molecule has 0 atom stereocenters. The van der Waals surface area contributed by atoms with E-state index in [-0.39, 0.29) is 11.8 Å². The Bertz CT molecular complexity index is 1070. The fraction of sp³-hybridized carbons (Fsp3) is 0.200. The highest BCUT2D eigenvalue weighted by molar-refractivity contribution is 6.08. The van der Waals surface area contributed by atoms with Gasteiger partial charge in [-0.05, 0) is 79.8 Å². The number of benzene rings is 3. The number of hydrogen-bond acceptors (Lipinski definition) is 2. The van der Waals surface area contributed by atoms with Gasteiger partial charge in [-0.15, -0.1) is 0 Å². The number of carbonyl (C=O) groups excluding carboxylic acids is 2. The number of rotatable bonds is 3. The van der Waals surface area contributed by atoms with E-state index in [1.807, 2.05) is 79.4 Å². The third kappa shape index (κ3) is 3.79. The second kappa shape index (κ2) is 7.92. The number of aryl methyl sites for hydroxylation is 2. The molecule has 0 saturated heterocycles. The zero-order valence-electron chi connectivity index (χ0n) is 16.7. The lowest BCUT2D eigenvalue weighted by Gasteiger charge is -2.30. The SMILES string of the molecule is Cc1cccc(NC(=O)c2ccc3c(c2)CCCN3C(=O)c2ccccc2)c1C. The van der Waals surface area contributed by atoms with E-state index in [0.29, 0.717) is 17.7 Å². The summed E-state index contributed by atoms with van der Waals surface area (Å²) in [4.78, 5) is 27.6. The Morgan fingerprint density at radius 1 is 0.897 bits per heavy atom. The molecule has 4 nitrogen and oxygen atoms in total. The Morgan fingerprint density at radius 2 is 1.69 bits per heavy atom. The van der Waals surface area contributed by atoms with Gasteiger partial charge in [-0.3, -0.25) is 9.59 Å². The molecule has 0 spiro atoms. The molecule has 146 valence electrons. The Balaban J connectivity index is 1.59. The molecule has 2 amide bonds. The van der Waals surface area contributed by atoms with Gasteiger partial charge in [0.15, 0.2) is 0 Å². The zero-order valence-corrected chi connectivity index (χ0v) is 16.7. The van der Waals surface area contributed by atoms with Crippen molar-refractivity contribution in [2.24, 2.45) is 0 Å². The predicted molar refractivity (Wildman–Crippen MR) is 117 cm³/mol. The van der Waals surface area contributed by atoms with Crippen molar-refractivity contribution in [3.8, 4) is 0 Å². The molecule has 3 aromatic rings. The third-order valence-electron chi connectivity index (χ3n) is 5.58. The van der Waals surface area contributed by atoms with E-state index in [0.717, 1.165) is 40.9 Å². The Morgan fingerprint density at radius 3 is 2.48 bits per heavy atom. The summed E-state index contributed by atoms with van der Waals surface area (Å²) in [6, 6.07) is 20.8. The number of nitrogens with zero attached hydrogens (tertiary/aromatic N) is 1. The molecule has 1 aliphatic rings. The summed E-state index contributed by atoms with van der Waals surface area (Å²) in [5.41, 5.74) is 6.26. The predicted octanol–water partition coefficient (Wildman–Crippen LogP) is 5.15. The summed E-state index contributed by atoms with van der Waals surface area (Å²) in [5.74, 6) is -0.132. The Kier molecular flexibility index (Phi) is 5.17. The third-order valence-corrected chi connectivity index (χ3v) is 5.58. The van der Waals surface area contributed by atoms with Gasteiger partial charge < -0.3 is 10.2 Å². The number of amides is 2. The quantitative estimate of drug-likeness (QED) is 0.679. The highest BCUT2D eigenvalue weighted by atomic mass is 16.2. The van der Waals surface area contributed by atoms with Crippen LogP contribution < -0.4 is 10.2 Å². The molecule has 1 aliphatic heterocycles. The van der Waals surface area contributed by atoms with Gasteiger partial charge in [0.2, 0.25) is 0 Å². The summed E-state index contributed by atoms with van der Waals surface area (Å²) in [5, 5.41) is 3.01. The molecule has 3 aromatic carbocycles. The summed E-state index contributed by atoms with van der Waals surface area (Å²) in [6.45, 7) is 4.72. The highest BCUT2D eigenvalue weighted by Crippen LogP contribution is 2.30. The van der Waals surface area contributed by atoms with Crippen molar-refractivity contribution < 1.29 is 9.59 Å². The van der Waals surface area contributed by atoms with E-state index >= 15 is 0 Å². The van der Waals surface area contributed by atoms with Gasteiger partial charge in [-0.25, -0.2) is 0 Å². The molecule has 0 radical (unpaired) electrons. The molecule has 0 saturated carbocycles. The molecule has 4 rings (SSSR count). The molecule has 1 heterocycles. The monoisotopic (exact) mass is 384 g/mol. The Hall–Kier alpha value is -3.40. The minimum Gasteiger partial charge on any atom is -0.322 e. The van der Waals surface area contributed by atoms with Gasteiger partial charge >= 0.3 is 0 Å². The second-order valence-corrected chi connectivity index (χ2v) is 7.47. The molecule has 4 heteroatoms. The van der Waals surface area contributed by atoms with Crippen molar-refractivity contribution >= 4 is 23.2 Å². The summed E-state index contributed by atoms with van der Waals surface area (Å²) >= 11 is 0. The van der Waals surface area contributed by atoms with Crippen LogP contribution in [0.2, 0.25) is 0 Å². The van der Waals surface area contributed by atoms with E-state index < -0.39 is 0 Å². The van der Waals surface area contributed by atoms with E-state index in [1.165, 1.54) is 0 Å². The lowest BCUT2D eigenvalue weighted by Crippen LogP contribution is -2.35. The number of fused-ring (bicyclic) bond motifs is 1. The first-order valence-electron chi connectivity index (χ1n) is 9.92. The minimum atomic E-state index is -0.131. The van der Waals surface area contributed by atoms with Gasteiger partial charge in [-0.1, -0.05) is 30.3 Å². The van der Waals surface area contributed by atoms with Crippen LogP contribution in [-0.4, -0.2) is 18.4 Å². The van der Waals surface area contributed by atoms with Crippen molar-refractivity contribution in [1.29, 1.82) is 0 Å². The summed E-state index contributed by atoms with van der Waals surface area (Å²) < 4.78 is 0. The minimum absolute atomic E-state index is 0.000799. The maximum absolute atomic E-state index is 12.9. The molecule has 0 fully saturated rings.